The van der Waals surface area contributed by atoms with Crippen LogP contribution in [-0.4, -0.2) is 10.9 Å². The Bertz CT molecular complexity index is 1060. The highest BCUT2D eigenvalue weighted by molar-refractivity contribution is 7.21. The Kier molecular flexibility index (Phi) is 5.11. The van der Waals surface area contributed by atoms with Crippen molar-refractivity contribution in [3.63, 3.8) is 0 Å². The van der Waals surface area contributed by atoms with E-state index in [4.69, 9.17) is 10.7 Å². The number of pyridine rings is 1. The van der Waals surface area contributed by atoms with Crippen molar-refractivity contribution < 1.29 is 4.79 Å². The Labute approximate surface area is 176 Å². The van der Waals surface area contributed by atoms with E-state index in [0.29, 0.717) is 23.0 Å². The smallest absolute Gasteiger partial charge is 0.263 e. The molecular weight excluding hydrogens is 378 g/mol. The zero-order valence-corrected chi connectivity index (χ0v) is 18.5. The van der Waals surface area contributed by atoms with E-state index in [1.165, 1.54) is 34.6 Å². The molecule has 1 atom stereocenters. The highest BCUT2D eigenvalue weighted by Crippen LogP contribution is 2.40. The van der Waals surface area contributed by atoms with Gasteiger partial charge in [-0.3, -0.25) is 4.79 Å². The van der Waals surface area contributed by atoms with Crippen molar-refractivity contribution in [2.75, 3.05) is 5.73 Å². The topological polar surface area (TPSA) is 68.0 Å². The summed E-state index contributed by atoms with van der Waals surface area (Å²) in [6.07, 6.45) is 3.20. The molecule has 3 N–H and O–H groups in total. The van der Waals surface area contributed by atoms with Crippen LogP contribution in [0, 0.1) is 18.3 Å². The molecule has 0 radical (unpaired) electrons. The lowest BCUT2D eigenvalue weighted by Crippen LogP contribution is -2.27. The molecule has 1 aliphatic rings. The van der Waals surface area contributed by atoms with Crippen LogP contribution in [0.1, 0.15) is 59.2 Å². The van der Waals surface area contributed by atoms with E-state index in [1.807, 2.05) is 12.1 Å². The molecule has 152 valence electrons. The number of hydrogen-bond acceptors (Lipinski definition) is 4. The zero-order valence-electron chi connectivity index (χ0n) is 17.6. The Balaban J connectivity index is 1.57. The molecule has 4 rings (SSSR count). The van der Waals surface area contributed by atoms with Crippen LogP contribution < -0.4 is 11.1 Å². The van der Waals surface area contributed by atoms with Crippen LogP contribution in [0.3, 0.4) is 0 Å². The molecule has 5 heteroatoms. The normalized spacial score (nSPS) is 16.6. The average molecular weight is 408 g/mol. The van der Waals surface area contributed by atoms with Gasteiger partial charge < -0.3 is 11.1 Å². The molecule has 1 aromatic carbocycles. The number of benzene rings is 1. The van der Waals surface area contributed by atoms with Gasteiger partial charge in [0.15, 0.2) is 0 Å². The molecule has 1 unspecified atom stereocenters. The summed E-state index contributed by atoms with van der Waals surface area (Å²) in [4.78, 5) is 19.1. The zero-order chi connectivity index (χ0) is 20.8. The van der Waals surface area contributed by atoms with Gasteiger partial charge in [-0.1, -0.05) is 50.6 Å². The molecular formula is C24H29N3OS. The lowest BCUT2D eigenvalue weighted by Gasteiger charge is -2.34. The first kappa shape index (κ1) is 19.9. The highest BCUT2D eigenvalue weighted by atomic mass is 32.1. The predicted molar refractivity (Wildman–Crippen MR) is 121 cm³/mol. The average Bonchev–Trinajstić information content (AvgIpc) is 3.00. The predicted octanol–water partition coefficient (Wildman–Crippen LogP) is 5.27. The molecule has 2 aromatic heterocycles. The first-order valence-electron chi connectivity index (χ1n) is 10.3. The SMILES string of the molecule is Cc1ccc(CNC(=O)c2sc3nc4c(cc3c2N)CC(C(C)(C)C)CC4)cc1. The number of hydrogen-bond donors (Lipinski definition) is 2. The summed E-state index contributed by atoms with van der Waals surface area (Å²) in [7, 11) is 0. The molecule has 0 bridgehead atoms. The van der Waals surface area contributed by atoms with Gasteiger partial charge in [-0.05, 0) is 54.7 Å². The molecule has 4 nitrogen and oxygen atoms in total. The lowest BCUT2D eigenvalue weighted by atomic mass is 9.71. The third-order valence-electron chi connectivity index (χ3n) is 6.09. The fraction of sp³-hybridized carbons (Fsp3) is 0.417. The summed E-state index contributed by atoms with van der Waals surface area (Å²) in [5.41, 5.74) is 12.0. The highest BCUT2D eigenvalue weighted by Gasteiger charge is 2.30. The van der Waals surface area contributed by atoms with Gasteiger partial charge in [0.1, 0.15) is 9.71 Å². The van der Waals surface area contributed by atoms with Crippen LogP contribution in [0.15, 0.2) is 30.3 Å². The van der Waals surface area contributed by atoms with Gasteiger partial charge >= 0.3 is 0 Å². The van der Waals surface area contributed by atoms with Crippen LogP contribution in [0.25, 0.3) is 10.2 Å². The summed E-state index contributed by atoms with van der Waals surface area (Å²) in [5.74, 6) is 0.517. The van der Waals surface area contributed by atoms with Gasteiger partial charge in [-0.2, -0.15) is 0 Å². The van der Waals surface area contributed by atoms with Crippen molar-refractivity contribution >= 4 is 33.1 Å². The van der Waals surface area contributed by atoms with E-state index in [-0.39, 0.29) is 11.3 Å². The lowest BCUT2D eigenvalue weighted by molar-refractivity contribution is 0.0956. The number of thiophene rings is 1. The standard InChI is InChI=1S/C24H29N3OS/c1-14-5-7-15(8-6-14)13-26-22(28)21-20(25)18-12-16-11-17(24(2,3)4)9-10-19(16)27-23(18)29-21/h5-8,12,17H,9-11,13,25H2,1-4H3,(H,26,28). The van der Waals surface area contributed by atoms with Gasteiger partial charge in [-0.15, -0.1) is 11.3 Å². The third-order valence-corrected chi connectivity index (χ3v) is 7.20. The van der Waals surface area contributed by atoms with Gasteiger partial charge in [0.2, 0.25) is 0 Å². The molecule has 0 spiro atoms. The van der Waals surface area contributed by atoms with Crippen molar-refractivity contribution in [2.24, 2.45) is 11.3 Å². The fourth-order valence-corrected chi connectivity index (χ4v) is 5.08. The Morgan fingerprint density at radius 2 is 2.00 bits per heavy atom. The second-order valence-corrected chi connectivity index (χ2v) is 10.3. The summed E-state index contributed by atoms with van der Waals surface area (Å²) in [5, 5.41) is 3.92. The summed E-state index contributed by atoms with van der Waals surface area (Å²) >= 11 is 1.40. The number of carbonyl (C=O) groups excluding carboxylic acids is 1. The van der Waals surface area contributed by atoms with E-state index < -0.39 is 0 Å². The minimum atomic E-state index is -0.128. The number of nitrogens with two attached hydrogens (primary N) is 1. The van der Waals surface area contributed by atoms with Gasteiger partial charge in [0.25, 0.3) is 5.91 Å². The molecule has 0 fully saturated rings. The first-order chi connectivity index (χ1) is 13.7. The molecule has 2 heterocycles. The summed E-state index contributed by atoms with van der Waals surface area (Å²) in [6, 6.07) is 10.3. The second-order valence-electron chi connectivity index (χ2n) is 9.27. The third kappa shape index (κ3) is 4.01. The second kappa shape index (κ2) is 7.45. The number of aryl methyl sites for hydroxylation is 2. The number of carbonyl (C=O) groups is 1. The monoisotopic (exact) mass is 407 g/mol. The Morgan fingerprint density at radius 3 is 2.69 bits per heavy atom. The van der Waals surface area contributed by atoms with Crippen LogP contribution in [0.4, 0.5) is 5.69 Å². The Hall–Kier alpha value is -2.40. The van der Waals surface area contributed by atoms with E-state index in [0.717, 1.165) is 28.6 Å². The number of nitrogen functional groups attached to an aromatic ring is 1. The fourth-order valence-electron chi connectivity index (χ4n) is 4.07. The molecule has 0 saturated heterocycles. The molecule has 1 aliphatic carbocycles. The molecule has 0 aliphatic heterocycles. The van der Waals surface area contributed by atoms with E-state index in [2.05, 4.69) is 51.2 Å². The van der Waals surface area contributed by atoms with Crippen molar-refractivity contribution in [1.82, 2.24) is 10.3 Å². The first-order valence-corrected chi connectivity index (χ1v) is 11.1. The number of aromatic nitrogens is 1. The minimum Gasteiger partial charge on any atom is -0.397 e. The van der Waals surface area contributed by atoms with Crippen molar-refractivity contribution in [1.29, 1.82) is 0 Å². The van der Waals surface area contributed by atoms with Crippen molar-refractivity contribution in [3.8, 4) is 0 Å². The van der Waals surface area contributed by atoms with Crippen LogP contribution in [0.5, 0.6) is 0 Å². The largest absolute Gasteiger partial charge is 0.397 e. The number of anilines is 1. The molecule has 0 saturated carbocycles. The number of amides is 1. The van der Waals surface area contributed by atoms with E-state index >= 15 is 0 Å². The van der Waals surface area contributed by atoms with Gasteiger partial charge in [0.05, 0.1) is 5.69 Å². The minimum absolute atomic E-state index is 0.128. The molecule has 3 aromatic rings. The van der Waals surface area contributed by atoms with Crippen LogP contribution >= 0.6 is 11.3 Å². The molecule has 29 heavy (non-hydrogen) atoms. The number of nitrogens with one attached hydrogen (secondary N) is 1. The molecule has 1 amide bonds. The number of rotatable bonds is 3. The maximum Gasteiger partial charge on any atom is 0.263 e. The van der Waals surface area contributed by atoms with Crippen LogP contribution in [0.2, 0.25) is 0 Å². The number of nitrogens with zero attached hydrogens (tertiary/aromatic N) is 1. The van der Waals surface area contributed by atoms with Gasteiger partial charge in [-0.25, -0.2) is 4.98 Å². The quantitative estimate of drug-likeness (QED) is 0.622. The Morgan fingerprint density at radius 1 is 1.28 bits per heavy atom. The van der Waals surface area contributed by atoms with Crippen molar-refractivity contribution in [3.05, 3.63) is 57.6 Å². The van der Waals surface area contributed by atoms with Crippen molar-refractivity contribution in [2.45, 2.75) is 53.5 Å². The maximum absolute atomic E-state index is 12.8. The maximum atomic E-state index is 12.8. The van der Waals surface area contributed by atoms with E-state index in [9.17, 15) is 4.79 Å². The van der Waals surface area contributed by atoms with E-state index in [1.54, 1.807) is 0 Å². The summed E-state index contributed by atoms with van der Waals surface area (Å²) in [6.45, 7) is 9.47. The van der Waals surface area contributed by atoms with Crippen LogP contribution in [-0.2, 0) is 19.4 Å². The summed E-state index contributed by atoms with van der Waals surface area (Å²) < 4.78 is 0. The number of fused-ring (bicyclic) bond motifs is 2. The van der Waals surface area contributed by atoms with Gasteiger partial charge in [0, 0.05) is 17.6 Å².